The van der Waals surface area contributed by atoms with Gasteiger partial charge in [-0.2, -0.15) is 5.26 Å². The summed E-state index contributed by atoms with van der Waals surface area (Å²) in [6.07, 6.45) is 0.847. The SMILES string of the molecule is CCc1csc(N2[C@H](C#N)[C@H](c3ccc(-c4ccc(F)cc4)cc3)[C@@H]2CO)n1. The predicted molar refractivity (Wildman–Crippen MR) is 109 cm³/mol. The minimum absolute atomic E-state index is 0.0381. The van der Waals surface area contributed by atoms with E-state index in [9.17, 15) is 14.8 Å². The third-order valence-electron chi connectivity index (χ3n) is 5.33. The number of hydrogen-bond donors (Lipinski definition) is 1. The molecule has 0 aliphatic carbocycles. The van der Waals surface area contributed by atoms with E-state index in [-0.39, 0.29) is 30.4 Å². The van der Waals surface area contributed by atoms with Crippen LogP contribution in [0, 0.1) is 17.1 Å². The van der Waals surface area contributed by atoms with Crippen LogP contribution in [0.2, 0.25) is 0 Å². The van der Waals surface area contributed by atoms with Crippen LogP contribution in [-0.4, -0.2) is 28.8 Å². The summed E-state index contributed by atoms with van der Waals surface area (Å²) in [6.45, 7) is 2.01. The van der Waals surface area contributed by atoms with E-state index < -0.39 is 0 Å². The first-order valence-corrected chi connectivity index (χ1v) is 10.1. The van der Waals surface area contributed by atoms with Crippen LogP contribution in [-0.2, 0) is 6.42 Å². The number of thiazole rings is 1. The van der Waals surface area contributed by atoms with Gasteiger partial charge in [0.15, 0.2) is 5.13 Å². The normalized spacial score (nSPS) is 21.2. The number of nitriles is 1. The molecule has 4 nitrogen and oxygen atoms in total. The van der Waals surface area contributed by atoms with Gasteiger partial charge in [-0.15, -0.1) is 11.3 Å². The fourth-order valence-corrected chi connectivity index (χ4v) is 4.79. The van der Waals surface area contributed by atoms with Crippen molar-refractivity contribution in [3.63, 3.8) is 0 Å². The summed E-state index contributed by atoms with van der Waals surface area (Å²) in [4.78, 5) is 6.52. The van der Waals surface area contributed by atoms with Crippen molar-refractivity contribution in [1.29, 1.82) is 5.26 Å². The van der Waals surface area contributed by atoms with E-state index in [1.165, 1.54) is 23.5 Å². The average Bonchev–Trinajstić information content (AvgIpc) is 3.17. The summed E-state index contributed by atoms with van der Waals surface area (Å²) in [5.74, 6) is -0.336. The maximum Gasteiger partial charge on any atom is 0.186 e. The molecule has 0 bridgehead atoms. The maximum atomic E-state index is 13.1. The van der Waals surface area contributed by atoms with Crippen molar-refractivity contribution in [2.75, 3.05) is 11.5 Å². The highest BCUT2D eigenvalue weighted by atomic mass is 32.1. The lowest BCUT2D eigenvalue weighted by molar-refractivity contribution is 0.187. The standard InChI is InChI=1S/C22H20FN3OS/c1-2-18-13-28-22(25-18)26-19(11-24)21(20(26)12-27)16-5-3-14(4-6-16)15-7-9-17(23)10-8-15/h3-10,13,19-21,27H,2,12H2,1H3/t19-,20+,21+/m1/s1. The van der Waals surface area contributed by atoms with Crippen molar-refractivity contribution < 1.29 is 9.50 Å². The molecule has 28 heavy (non-hydrogen) atoms. The van der Waals surface area contributed by atoms with E-state index in [1.54, 1.807) is 12.1 Å². The van der Waals surface area contributed by atoms with Crippen molar-refractivity contribution in [2.24, 2.45) is 0 Å². The molecule has 0 saturated carbocycles. The number of aliphatic hydroxyl groups excluding tert-OH is 1. The summed E-state index contributed by atoms with van der Waals surface area (Å²) in [7, 11) is 0. The van der Waals surface area contributed by atoms with Crippen LogP contribution in [0.25, 0.3) is 11.1 Å². The second kappa shape index (κ2) is 7.70. The minimum atomic E-state index is -0.357. The third-order valence-corrected chi connectivity index (χ3v) is 6.23. The highest BCUT2D eigenvalue weighted by Gasteiger charge is 2.50. The number of aryl methyl sites for hydroxylation is 1. The molecular formula is C22H20FN3OS. The quantitative estimate of drug-likeness (QED) is 0.699. The van der Waals surface area contributed by atoms with Crippen molar-refractivity contribution >= 4 is 16.5 Å². The highest BCUT2D eigenvalue weighted by molar-refractivity contribution is 7.13. The van der Waals surface area contributed by atoms with Gasteiger partial charge in [-0.05, 0) is 35.2 Å². The Hall–Kier alpha value is -2.75. The van der Waals surface area contributed by atoms with Crippen molar-refractivity contribution in [1.82, 2.24) is 4.98 Å². The number of aromatic nitrogens is 1. The number of hydrogen-bond acceptors (Lipinski definition) is 5. The van der Waals surface area contributed by atoms with E-state index in [1.807, 2.05) is 41.5 Å². The number of nitrogens with zero attached hydrogens (tertiary/aromatic N) is 3. The molecule has 2 aromatic carbocycles. The Bertz CT molecular complexity index is 994. The Morgan fingerprint density at radius 3 is 2.32 bits per heavy atom. The first-order valence-electron chi connectivity index (χ1n) is 9.25. The van der Waals surface area contributed by atoms with Crippen molar-refractivity contribution in [2.45, 2.75) is 31.3 Å². The zero-order valence-electron chi connectivity index (χ0n) is 15.4. The Balaban J connectivity index is 1.59. The van der Waals surface area contributed by atoms with Crippen molar-refractivity contribution in [3.8, 4) is 17.2 Å². The molecule has 2 heterocycles. The Morgan fingerprint density at radius 1 is 1.14 bits per heavy atom. The molecule has 1 aliphatic rings. The molecule has 142 valence electrons. The molecule has 1 saturated heterocycles. The zero-order chi connectivity index (χ0) is 19.7. The first-order chi connectivity index (χ1) is 13.7. The molecule has 0 unspecified atom stereocenters. The largest absolute Gasteiger partial charge is 0.394 e. The van der Waals surface area contributed by atoms with Gasteiger partial charge < -0.3 is 10.0 Å². The molecule has 1 aromatic heterocycles. The summed E-state index contributed by atoms with van der Waals surface area (Å²) >= 11 is 1.52. The molecule has 1 N–H and O–H groups in total. The van der Waals surface area contributed by atoms with Gasteiger partial charge in [0.1, 0.15) is 11.9 Å². The molecule has 1 fully saturated rings. The number of halogens is 1. The molecule has 3 atom stereocenters. The van der Waals surface area contributed by atoms with E-state index in [0.717, 1.165) is 33.9 Å². The second-order valence-corrected chi connectivity index (χ2v) is 7.70. The fraction of sp³-hybridized carbons (Fsp3) is 0.273. The highest BCUT2D eigenvalue weighted by Crippen LogP contribution is 2.44. The monoisotopic (exact) mass is 393 g/mol. The van der Waals surface area contributed by atoms with Crippen molar-refractivity contribution in [3.05, 3.63) is 71.0 Å². The molecule has 4 rings (SSSR count). The lowest BCUT2D eigenvalue weighted by Gasteiger charge is -2.51. The van der Waals surface area contributed by atoms with Gasteiger partial charge in [0, 0.05) is 11.3 Å². The smallest absolute Gasteiger partial charge is 0.186 e. The van der Waals surface area contributed by atoms with Crippen LogP contribution in [0.4, 0.5) is 9.52 Å². The van der Waals surface area contributed by atoms with Crippen LogP contribution in [0.3, 0.4) is 0 Å². The summed E-state index contributed by atoms with van der Waals surface area (Å²) in [6, 6.07) is 16.2. The zero-order valence-corrected chi connectivity index (χ0v) is 16.2. The minimum Gasteiger partial charge on any atom is -0.394 e. The van der Waals surface area contributed by atoms with Gasteiger partial charge in [-0.25, -0.2) is 9.37 Å². The van der Waals surface area contributed by atoms with Crippen LogP contribution in [0.1, 0.15) is 24.1 Å². The van der Waals surface area contributed by atoms with Gasteiger partial charge in [-0.1, -0.05) is 43.3 Å². The maximum absolute atomic E-state index is 13.1. The number of benzene rings is 2. The van der Waals surface area contributed by atoms with Gasteiger partial charge in [0.05, 0.1) is 24.4 Å². The molecule has 1 aliphatic heterocycles. The summed E-state index contributed by atoms with van der Waals surface area (Å²) in [5.41, 5.74) is 3.94. The summed E-state index contributed by atoms with van der Waals surface area (Å²) < 4.78 is 13.1. The molecule has 0 radical (unpaired) electrons. The van der Waals surface area contributed by atoms with E-state index in [2.05, 4.69) is 11.1 Å². The van der Waals surface area contributed by atoms with Gasteiger partial charge in [0.25, 0.3) is 0 Å². The molecule has 0 spiro atoms. The molecule has 0 amide bonds. The van der Waals surface area contributed by atoms with Crippen LogP contribution >= 0.6 is 11.3 Å². The topological polar surface area (TPSA) is 60.2 Å². The second-order valence-electron chi connectivity index (χ2n) is 6.86. The molecule has 6 heteroatoms. The van der Waals surface area contributed by atoms with Gasteiger partial charge in [0.2, 0.25) is 0 Å². The van der Waals surface area contributed by atoms with Gasteiger partial charge in [-0.3, -0.25) is 0 Å². The number of rotatable bonds is 5. The third kappa shape index (κ3) is 3.17. The first kappa shape index (κ1) is 18.6. The van der Waals surface area contributed by atoms with Crippen LogP contribution in [0.15, 0.2) is 53.9 Å². The Morgan fingerprint density at radius 2 is 1.79 bits per heavy atom. The fourth-order valence-electron chi connectivity index (χ4n) is 3.79. The lowest BCUT2D eigenvalue weighted by Crippen LogP contribution is -2.63. The van der Waals surface area contributed by atoms with Crippen LogP contribution in [0.5, 0.6) is 0 Å². The number of aliphatic hydroxyl groups is 1. The molecular weight excluding hydrogens is 373 g/mol. The van der Waals surface area contributed by atoms with E-state index in [0.29, 0.717) is 0 Å². The van der Waals surface area contributed by atoms with E-state index >= 15 is 0 Å². The van der Waals surface area contributed by atoms with E-state index in [4.69, 9.17) is 0 Å². The van der Waals surface area contributed by atoms with Gasteiger partial charge >= 0.3 is 0 Å². The Kier molecular flexibility index (Phi) is 5.12. The number of anilines is 1. The van der Waals surface area contributed by atoms with Crippen LogP contribution < -0.4 is 4.90 Å². The predicted octanol–water partition coefficient (Wildman–Crippen LogP) is 4.37. The summed E-state index contributed by atoms with van der Waals surface area (Å²) in [5, 5.41) is 22.5. The average molecular weight is 393 g/mol. The lowest BCUT2D eigenvalue weighted by atomic mass is 9.76. The molecule has 3 aromatic rings. The Labute approximate surface area is 167 Å².